The van der Waals surface area contributed by atoms with Crippen molar-refractivity contribution in [2.24, 2.45) is 0 Å². The molecule has 0 bridgehead atoms. The average Bonchev–Trinajstić information content (AvgIpc) is 2.76. The zero-order valence-corrected chi connectivity index (χ0v) is 10.0. The second-order valence-corrected chi connectivity index (χ2v) is 3.31. The van der Waals surface area contributed by atoms with Crippen LogP contribution in [0.4, 0.5) is 0 Å². The Balaban J connectivity index is 2.93. The van der Waals surface area contributed by atoms with Crippen LogP contribution in [0.2, 0.25) is 0 Å². The summed E-state index contributed by atoms with van der Waals surface area (Å²) in [6.07, 6.45) is -1.42. The van der Waals surface area contributed by atoms with Crippen LogP contribution in [0.5, 0.6) is 0 Å². The maximum atomic E-state index is 11.7. The van der Waals surface area contributed by atoms with Gasteiger partial charge in [0.1, 0.15) is 0 Å². The maximum Gasteiger partial charge on any atom is 0.379 e. The van der Waals surface area contributed by atoms with Gasteiger partial charge >= 0.3 is 23.7 Å². The predicted molar refractivity (Wildman–Crippen MR) is 54.5 cm³/mol. The molecule has 0 saturated carbocycles. The third-order valence-corrected chi connectivity index (χ3v) is 2.11. The number of carbonyl (C=O) groups excluding carboxylic acids is 2. The van der Waals surface area contributed by atoms with Crippen molar-refractivity contribution in [1.29, 1.82) is 0 Å². The minimum atomic E-state index is -2.44. The second-order valence-electron chi connectivity index (χ2n) is 3.31. The third-order valence-electron chi connectivity index (χ3n) is 2.11. The Morgan fingerprint density at radius 2 is 1.72 bits per heavy atom. The van der Waals surface area contributed by atoms with E-state index in [1.165, 1.54) is 13.8 Å². The summed E-state index contributed by atoms with van der Waals surface area (Å²) in [5.41, 5.74) is 0. The summed E-state index contributed by atoms with van der Waals surface area (Å²) in [6, 6.07) is 0. The summed E-state index contributed by atoms with van der Waals surface area (Å²) in [7, 11) is 0. The molecule has 0 aromatic rings. The molecule has 0 aromatic carbocycles. The molecule has 1 rings (SSSR count). The highest BCUT2D eigenvalue weighted by molar-refractivity contribution is 6.02. The number of esters is 2. The van der Waals surface area contributed by atoms with Crippen LogP contribution in [-0.2, 0) is 33.3 Å². The van der Waals surface area contributed by atoms with E-state index in [1.807, 2.05) is 0 Å². The standard InChI is InChI=1S/C10H14O8/c1-3-15-8(13)10(9(14)16-4-2)17-5-6(18-10)7(11)12/h6H,3-5H2,1-2H3,(H,11,12)/t6-/m1/s1. The molecule has 1 saturated heterocycles. The monoisotopic (exact) mass is 262 g/mol. The molecule has 8 heteroatoms. The molecule has 8 nitrogen and oxygen atoms in total. The normalized spacial score (nSPS) is 21.3. The number of carboxylic acid groups (broad SMARTS) is 1. The van der Waals surface area contributed by atoms with E-state index >= 15 is 0 Å². The van der Waals surface area contributed by atoms with Crippen LogP contribution in [0.25, 0.3) is 0 Å². The van der Waals surface area contributed by atoms with Crippen LogP contribution in [0.15, 0.2) is 0 Å². The van der Waals surface area contributed by atoms with Crippen LogP contribution in [0.1, 0.15) is 13.8 Å². The summed E-state index contributed by atoms with van der Waals surface area (Å²) >= 11 is 0. The lowest BCUT2D eigenvalue weighted by Crippen LogP contribution is -2.50. The first-order valence-electron chi connectivity index (χ1n) is 5.37. The number of ether oxygens (including phenoxy) is 4. The van der Waals surface area contributed by atoms with Gasteiger partial charge in [0.15, 0.2) is 6.10 Å². The molecule has 0 radical (unpaired) electrons. The highest BCUT2D eigenvalue weighted by Gasteiger charge is 2.59. The highest BCUT2D eigenvalue weighted by atomic mass is 16.8. The van der Waals surface area contributed by atoms with Gasteiger partial charge in [0.25, 0.3) is 0 Å². The van der Waals surface area contributed by atoms with Crippen molar-refractivity contribution in [3.8, 4) is 0 Å². The fraction of sp³-hybridized carbons (Fsp3) is 0.700. The number of rotatable bonds is 5. The van der Waals surface area contributed by atoms with E-state index in [2.05, 4.69) is 9.47 Å². The topological polar surface area (TPSA) is 108 Å². The van der Waals surface area contributed by atoms with E-state index in [-0.39, 0.29) is 13.2 Å². The second kappa shape index (κ2) is 5.78. The van der Waals surface area contributed by atoms with Crippen molar-refractivity contribution in [3.05, 3.63) is 0 Å². The smallest absolute Gasteiger partial charge is 0.379 e. The molecular weight excluding hydrogens is 248 g/mol. The number of carbonyl (C=O) groups is 3. The van der Waals surface area contributed by atoms with Crippen molar-refractivity contribution < 1.29 is 38.4 Å². The lowest BCUT2D eigenvalue weighted by atomic mass is 10.3. The van der Waals surface area contributed by atoms with Gasteiger partial charge in [0.05, 0.1) is 19.8 Å². The van der Waals surface area contributed by atoms with Crippen LogP contribution >= 0.6 is 0 Å². The van der Waals surface area contributed by atoms with Gasteiger partial charge in [-0.25, -0.2) is 14.4 Å². The highest BCUT2D eigenvalue weighted by Crippen LogP contribution is 2.27. The molecule has 1 heterocycles. The lowest BCUT2D eigenvalue weighted by molar-refractivity contribution is -0.225. The van der Waals surface area contributed by atoms with Gasteiger partial charge in [-0.15, -0.1) is 0 Å². The summed E-state index contributed by atoms with van der Waals surface area (Å²) in [4.78, 5) is 34.1. The Hall–Kier alpha value is -1.67. The van der Waals surface area contributed by atoms with Gasteiger partial charge in [0, 0.05) is 0 Å². The van der Waals surface area contributed by atoms with Gasteiger partial charge in [0.2, 0.25) is 0 Å². The Labute approximate surface area is 103 Å². The van der Waals surface area contributed by atoms with E-state index < -0.39 is 36.4 Å². The largest absolute Gasteiger partial charge is 0.479 e. The van der Waals surface area contributed by atoms with Crippen molar-refractivity contribution in [3.63, 3.8) is 0 Å². The quantitative estimate of drug-likeness (QED) is 0.512. The van der Waals surface area contributed by atoms with Gasteiger partial charge in [-0.2, -0.15) is 0 Å². The van der Waals surface area contributed by atoms with Crippen LogP contribution < -0.4 is 0 Å². The minimum Gasteiger partial charge on any atom is -0.479 e. The molecule has 1 aliphatic rings. The molecule has 0 aromatic heterocycles. The molecule has 18 heavy (non-hydrogen) atoms. The van der Waals surface area contributed by atoms with Crippen molar-refractivity contribution in [1.82, 2.24) is 0 Å². The van der Waals surface area contributed by atoms with Crippen LogP contribution in [0.3, 0.4) is 0 Å². The first-order valence-corrected chi connectivity index (χ1v) is 5.37. The number of aliphatic carboxylic acids is 1. The number of hydrogen-bond donors (Lipinski definition) is 1. The molecule has 1 atom stereocenters. The van der Waals surface area contributed by atoms with E-state index in [9.17, 15) is 14.4 Å². The zero-order valence-electron chi connectivity index (χ0n) is 10.0. The molecule has 0 amide bonds. The van der Waals surface area contributed by atoms with E-state index in [1.54, 1.807) is 0 Å². The molecule has 1 fully saturated rings. The van der Waals surface area contributed by atoms with Crippen molar-refractivity contribution in [2.75, 3.05) is 19.8 Å². The summed E-state index contributed by atoms with van der Waals surface area (Å²) < 4.78 is 19.0. The SMILES string of the molecule is CCOC(=O)C1(C(=O)OCC)OC[C@H](C(=O)O)O1. The van der Waals surface area contributed by atoms with Crippen LogP contribution in [0, 0.1) is 0 Å². The predicted octanol–water partition coefficient (Wildman–Crippen LogP) is -0.691. The van der Waals surface area contributed by atoms with E-state index in [4.69, 9.17) is 14.6 Å². The molecule has 0 aliphatic carbocycles. The summed E-state index contributed by atoms with van der Waals surface area (Å²) in [6.45, 7) is 2.60. The van der Waals surface area contributed by atoms with Gasteiger partial charge in [-0.1, -0.05) is 0 Å². The molecular formula is C10H14O8. The van der Waals surface area contributed by atoms with E-state index in [0.717, 1.165) is 0 Å². The first kappa shape index (κ1) is 14.4. The van der Waals surface area contributed by atoms with Gasteiger partial charge < -0.3 is 24.1 Å². The summed E-state index contributed by atoms with van der Waals surface area (Å²) in [5, 5.41) is 8.76. The molecule has 102 valence electrons. The Morgan fingerprint density at radius 3 is 2.06 bits per heavy atom. The Morgan fingerprint density at radius 1 is 1.22 bits per heavy atom. The third kappa shape index (κ3) is 2.59. The van der Waals surface area contributed by atoms with Gasteiger partial charge in [-0.05, 0) is 13.8 Å². The number of hydrogen-bond acceptors (Lipinski definition) is 7. The van der Waals surface area contributed by atoms with E-state index in [0.29, 0.717) is 0 Å². The Bertz CT molecular complexity index is 332. The fourth-order valence-corrected chi connectivity index (χ4v) is 1.33. The van der Waals surface area contributed by atoms with Crippen molar-refractivity contribution in [2.45, 2.75) is 25.7 Å². The molecule has 0 unspecified atom stereocenters. The summed E-state index contributed by atoms with van der Waals surface area (Å²) in [5.74, 6) is -6.01. The van der Waals surface area contributed by atoms with Crippen molar-refractivity contribution >= 4 is 17.9 Å². The van der Waals surface area contributed by atoms with Crippen LogP contribution in [-0.4, -0.2) is 54.7 Å². The molecule has 0 spiro atoms. The zero-order chi connectivity index (χ0) is 13.8. The van der Waals surface area contributed by atoms with Gasteiger partial charge in [-0.3, -0.25) is 0 Å². The molecule has 1 aliphatic heterocycles. The molecule has 1 N–H and O–H groups in total. The Kier molecular flexibility index (Phi) is 4.62. The number of carboxylic acids is 1. The average molecular weight is 262 g/mol. The fourth-order valence-electron chi connectivity index (χ4n) is 1.33. The first-order chi connectivity index (χ1) is 8.47. The minimum absolute atomic E-state index is 0.00948. The lowest BCUT2D eigenvalue weighted by Gasteiger charge is -2.22. The maximum absolute atomic E-state index is 11.7.